The van der Waals surface area contributed by atoms with Crippen LogP contribution in [0.15, 0.2) is 24.3 Å². The number of carbonyl (C=O) groups excluding carboxylic acids is 1. The number of carbonyl (C=O) groups is 1. The molecule has 0 heterocycles. The van der Waals surface area contributed by atoms with Gasteiger partial charge in [-0.15, -0.1) is 0 Å². The third-order valence-corrected chi connectivity index (χ3v) is 1.98. The van der Waals surface area contributed by atoms with Gasteiger partial charge in [-0.25, -0.2) is 0 Å². The lowest BCUT2D eigenvalue weighted by atomic mass is 9.94. The van der Waals surface area contributed by atoms with Crippen LogP contribution < -0.4 is 0 Å². The van der Waals surface area contributed by atoms with Crippen LogP contribution in [-0.2, 0) is 14.3 Å². The Morgan fingerprint density at radius 1 is 1.46 bits per heavy atom. The lowest BCUT2D eigenvalue weighted by Crippen LogP contribution is -2.42. The first-order chi connectivity index (χ1) is 6.14. The molecule has 0 fully saturated rings. The molecule has 2 atom stereocenters. The molecule has 1 rings (SSSR count). The average molecular weight is 184 g/mol. The summed E-state index contributed by atoms with van der Waals surface area (Å²) in [6.45, 7) is 0. The van der Waals surface area contributed by atoms with Gasteiger partial charge in [0, 0.05) is 7.11 Å². The summed E-state index contributed by atoms with van der Waals surface area (Å²) in [7, 11) is 2.60. The molecule has 0 amide bonds. The number of methoxy groups -OCH3 is 2. The zero-order valence-electron chi connectivity index (χ0n) is 7.56. The van der Waals surface area contributed by atoms with Crippen LogP contribution in [0.25, 0.3) is 0 Å². The van der Waals surface area contributed by atoms with E-state index < -0.39 is 17.7 Å². The van der Waals surface area contributed by atoms with Gasteiger partial charge in [-0.2, -0.15) is 0 Å². The Labute approximate surface area is 76.5 Å². The number of esters is 1. The second-order valence-electron chi connectivity index (χ2n) is 2.70. The van der Waals surface area contributed by atoms with Gasteiger partial charge in [-0.05, 0) is 6.08 Å². The number of aliphatic hydroxyl groups is 1. The minimum absolute atomic E-state index is 0.523. The number of allylic oxidation sites excluding steroid dienone is 2. The molecule has 0 aromatic carbocycles. The highest BCUT2D eigenvalue weighted by atomic mass is 16.6. The molecule has 1 N–H and O–H groups in total. The number of ether oxygens (including phenoxy) is 2. The van der Waals surface area contributed by atoms with Crippen molar-refractivity contribution in [1.82, 2.24) is 0 Å². The van der Waals surface area contributed by atoms with Crippen LogP contribution in [0.1, 0.15) is 0 Å². The smallest absolute Gasteiger partial charge is 0.318 e. The minimum Gasteiger partial charge on any atom is -0.468 e. The summed E-state index contributed by atoms with van der Waals surface area (Å²) in [4.78, 5) is 11.2. The summed E-state index contributed by atoms with van der Waals surface area (Å²) >= 11 is 0. The van der Waals surface area contributed by atoms with Crippen molar-refractivity contribution >= 4 is 5.97 Å². The standard InChI is InChI=1S/C9H12O4/c1-12-8(10)7-5-3-4-6-9(7,11)13-2/h3-7,11H,1-2H3. The highest BCUT2D eigenvalue weighted by Gasteiger charge is 2.39. The fourth-order valence-electron chi connectivity index (χ4n) is 1.18. The molecule has 0 saturated heterocycles. The summed E-state index contributed by atoms with van der Waals surface area (Å²) in [6.07, 6.45) is 6.22. The fraction of sp³-hybridized carbons (Fsp3) is 0.444. The Morgan fingerprint density at radius 3 is 2.69 bits per heavy atom. The molecule has 1 aliphatic rings. The zero-order valence-corrected chi connectivity index (χ0v) is 7.56. The molecule has 0 radical (unpaired) electrons. The van der Waals surface area contributed by atoms with Crippen molar-refractivity contribution in [3.8, 4) is 0 Å². The number of rotatable bonds is 2. The molecule has 0 bridgehead atoms. The maximum Gasteiger partial charge on any atom is 0.318 e. The predicted molar refractivity (Wildman–Crippen MR) is 45.7 cm³/mol. The average Bonchev–Trinajstić information content (AvgIpc) is 2.17. The van der Waals surface area contributed by atoms with E-state index in [-0.39, 0.29) is 0 Å². The van der Waals surface area contributed by atoms with E-state index in [4.69, 9.17) is 4.74 Å². The number of hydrogen-bond donors (Lipinski definition) is 1. The normalized spacial score (nSPS) is 31.8. The first kappa shape index (κ1) is 9.95. The van der Waals surface area contributed by atoms with E-state index in [0.717, 1.165) is 0 Å². The largest absolute Gasteiger partial charge is 0.468 e. The van der Waals surface area contributed by atoms with Crippen molar-refractivity contribution in [3.05, 3.63) is 24.3 Å². The zero-order chi connectivity index (χ0) is 9.90. The van der Waals surface area contributed by atoms with Crippen LogP contribution in [0.4, 0.5) is 0 Å². The fourth-order valence-corrected chi connectivity index (χ4v) is 1.18. The topological polar surface area (TPSA) is 55.8 Å². The van der Waals surface area contributed by atoms with E-state index in [1.54, 1.807) is 12.2 Å². The molecule has 0 aliphatic heterocycles. The molecule has 0 spiro atoms. The molecule has 13 heavy (non-hydrogen) atoms. The van der Waals surface area contributed by atoms with Gasteiger partial charge in [0.25, 0.3) is 0 Å². The summed E-state index contributed by atoms with van der Waals surface area (Å²) in [5.74, 6) is -2.90. The molecule has 4 heteroatoms. The predicted octanol–water partition coefficient (Wildman–Crippen LogP) is 0.237. The Bertz CT molecular complexity index is 256. The van der Waals surface area contributed by atoms with Crippen molar-refractivity contribution in [2.45, 2.75) is 5.79 Å². The lowest BCUT2D eigenvalue weighted by Gasteiger charge is -2.29. The highest BCUT2D eigenvalue weighted by Crippen LogP contribution is 2.26. The third kappa shape index (κ3) is 1.79. The van der Waals surface area contributed by atoms with E-state index in [2.05, 4.69) is 4.74 Å². The molecule has 1 aliphatic carbocycles. The van der Waals surface area contributed by atoms with Gasteiger partial charge in [0.05, 0.1) is 7.11 Å². The Balaban J connectivity index is 2.88. The van der Waals surface area contributed by atoms with Crippen molar-refractivity contribution in [2.75, 3.05) is 14.2 Å². The van der Waals surface area contributed by atoms with Crippen LogP contribution in [0.5, 0.6) is 0 Å². The quantitative estimate of drug-likeness (QED) is 0.493. The van der Waals surface area contributed by atoms with Gasteiger partial charge < -0.3 is 14.6 Å². The van der Waals surface area contributed by atoms with Crippen LogP contribution in [0.3, 0.4) is 0 Å². The second kappa shape index (κ2) is 3.72. The third-order valence-electron chi connectivity index (χ3n) is 1.98. The van der Waals surface area contributed by atoms with Crippen molar-refractivity contribution in [1.29, 1.82) is 0 Å². The molecule has 4 nitrogen and oxygen atoms in total. The van der Waals surface area contributed by atoms with Gasteiger partial charge in [-0.3, -0.25) is 4.79 Å². The van der Waals surface area contributed by atoms with E-state index in [1.807, 2.05) is 0 Å². The summed E-state index contributed by atoms with van der Waals surface area (Å²) < 4.78 is 9.35. The van der Waals surface area contributed by atoms with Crippen LogP contribution >= 0.6 is 0 Å². The lowest BCUT2D eigenvalue weighted by molar-refractivity contribution is -0.191. The van der Waals surface area contributed by atoms with Crippen LogP contribution in [-0.4, -0.2) is 31.1 Å². The molecule has 2 unspecified atom stereocenters. The Kier molecular flexibility index (Phi) is 2.85. The summed E-state index contributed by atoms with van der Waals surface area (Å²) in [6, 6.07) is 0. The van der Waals surface area contributed by atoms with Crippen LogP contribution in [0.2, 0.25) is 0 Å². The van der Waals surface area contributed by atoms with Crippen molar-refractivity contribution in [3.63, 3.8) is 0 Å². The summed E-state index contributed by atoms with van der Waals surface area (Å²) in [5.41, 5.74) is 0. The minimum atomic E-state index is -1.58. The molecule has 0 saturated carbocycles. The van der Waals surface area contributed by atoms with Crippen molar-refractivity contribution in [2.24, 2.45) is 5.92 Å². The maximum atomic E-state index is 11.2. The molecule has 72 valence electrons. The van der Waals surface area contributed by atoms with Gasteiger partial charge in [0.15, 0.2) is 0 Å². The second-order valence-corrected chi connectivity index (χ2v) is 2.70. The summed E-state index contributed by atoms with van der Waals surface area (Å²) in [5, 5.41) is 9.78. The maximum absolute atomic E-state index is 11.2. The molecule has 0 aromatic rings. The van der Waals surface area contributed by atoms with Gasteiger partial charge in [0.1, 0.15) is 5.92 Å². The van der Waals surface area contributed by atoms with Gasteiger partial charge in [0.2, 0.25) is 5.79 Å². The van der Waals surface area contributed by atoms with Crippen molar-refractivity contribution < 1.29 is 19.4 Å². The van der Waals surface area contributed by atoms with E-state index in [0.29, 0.717) is 0 Å². The molecular formula is C9H12O4. The van der Waals surface area contributed by atoms with Gasteiger partial charge >= 0.3 is 5.97 Å². The Hall–Kier alpha value is -1.13. The first-order valence-electron chi connectivity index (χ1n) is 3.85. The molecular weight excluding hydrogens is 172 g/mol. The highest BCUT2D eigenvalue weighted by molar-refractivity contribution is 5.76. The SMILES string of the molecule is COC(=O)C1C=CC=CC1(O)OC. The molecule has 0 aromatic heterocycles. The Morgan fingerprint density at radius 2 is 2.15 bits per heavy atom. The van der Waals surface area contributed by atoms with E-state index >= 15 is 0 Å². The van der Waals surface area contributed by atoms with E-state index in [1.165, 1.54) is 26.4 Å². The number of hydrogen-bond acceptors (Lipinski definition) is 4. The van der Waals surface area contributed by atoms with E-state index in [9.17, 15) is 9.90 Å². The first-order valence-corrected chi connectivity index (χ1v) is 3.85. The van der Waals surface area contributed by atoms with Gasteiger partial charge in [-0.1, -0.05) is 18.2 Å². The van der Waals surface area contributed by atoms with Crippen LogP contribution in [0, 0.1) is 5.92 Å². The monoisotopic (exact) mass is 184 g/mol.